The number of carbonyl (C=O) groups is 1. The second kappa shape index (κ2) is 5.98. The summed E-state index contributed by atoms with van der Waals surface area (Å²) in [6, 6.07) is 6.68. The van der Waals surface area contributed by atoms with Crippen LogP contribution in [0.15, 0.2) is 24.3 Å². The second-order valence-electron chi connectivity index (χ2n) is 5.20. The summed E-state index contributed by atoms with van der Waals surface area (Å²) >= 11 is 6.00. The summed E-state index contributed by atoms with van der Waals surface area (Å²) in [5.41, 5.74) is 0.976. The molecule has 122 valence electrons. The Morgan fingerprint density at radius 2 is 2.09 bits per heavy atom. The summed E-state index contributed by atoms with van der Waals surface area (Å²) in [6.45, 7) is 0.728. The van der Waals surface area contributed by atoms with Gasteiger partial charge in [0.25, 0.3) is 0 Å². The third kappa shape index (κ3) is 3.11. The van der Waals surface area contributed by atoms with Crippen LogP contribution >= 0.6 is 11.6 Å². The molecular weight excluding hydrogens is 333 g/mol. The molecule has 0 saturated carbocycles. The zero-order chi connectivity index (χ0) is 16.6. The molecule has 1 aromatic heterocycles. The summed E-state index contributed by atoms with van der Waals surface area (Å²) in [4.78, 5) is 15.3. The molecule has 1 aromatic carbocycles. The van der Waals surface area contributed by atoms with Gasteiger partial charge < -0.3 is 10.1 Å². The van der Waals surface area contributed by atoms with E-state index in [4.69, 9.17) is 11.6 Å². The number of nitrogens with one attached hydrogen (secondary N) is 1. The van der Waals surface area contributed by atoms with Crippen molar-refractivity contribution < 1.29 is 22.7 Å². The van der Waals surface area contributed by atoms with Crippen molar-refractivity contribution in [1.82, 2.24) is 10.3 Å². The Labute approximate surface area is 134 Å². The largest absolute Gasteiger partial charge is 0.491 e. The van der Waals surface area contributed by atoms with Gasteiger partial charge in [0, 0.05) is 17.0 Å². The maximum Gasteiger partial charge on any atom is 0.491 e. The number of rotatable bonds is 2. The number of para-hydroxylation sites is 1. The Kier molecular flexibility index (Phi) is 4.16. The van der Waals surface area contributed by atoms with Crippen LogP contribution in [0.3, 0.4) is 0 Å². The fourth-order valence-electron chi connectivity index (χ4n) is 2.71. The number of pyridine rings is 1. The van der Waals surface area contributed by atoms with Crippen LogP contribution in [-0.4, -0.2) is 23.7 Å². The molecule has 1 saturated heterocycles. The molecule has 0 radical (unpaired) electrons. The van der Waals surface area contributed by atoms with Gasteiger partial charge >= 0.3 is 12.1 Å². The third-order valence-electron chi connectivity index (χ3n) is 3.68. The SMILES string of the molecule is O=C(Oc1c(Cl)nc2ccccc2c1[C@@H]1CCCN1)C(F)(F)F. The van der Waals surface area contributed by atoms with Crippen LogP contribution < -0.4 is 10.1 Å². The molecule has 0 bridgehead atoms. The second-order valence-corrected chi connectivity index (χ2v) is 5.56. The molecule has 0 aliphatic carbocycles. The van der Waals surface area contributed by atoms with Gasteiger partial charge in [0.15, 0.2) is 10.9 Å². The standard InChI is InChI=1S/C15H12ClF3N2O2/c16-13-12(23-14(22)15(17,18)19)11(10-6-3-7-20-10)8-4-1-2-5-9(8)21-13/h1-2,4-5,10,20H,3,6-7H2/t10-/m0/s1. The number of hydrogen-bond acceptors (Lipinski definition) is 4. The fourth-order valence-corrected chi connectivity index (χ4v) is 2.94. The predicted molar refractivity (Wildman–Crippen MR) is 78.4 cm³/mol. The minimum Gasteiger partial charge on any atom is -0.416 e. The average molecular weight is 345 g/mol. The van der Waals surface area contributed by atoms with Crippen molar-refractivity contribution in [2.45, 2.75) is 25.1 Å². The summed E-state index contributed by atoms with van der Waals surface area (Å²) in [6.07, 6.45) is -3.53. The van der Waals surface area contributed by atoms with Gasteiger partial charge in [-0.1, -0.05) is 29.8 Å². The van der Waals surface area contributed by atoms with Crippen molar-refractivity contribution in [1.29, 1.82) is 0 Å². The number of alkyl halides is 3. The van der Waals surface area contributed by atoms with Crippen molar-refractivity contribution in [2.75, 3.05) is 6.54 Å². The molecule has 0 amide bonds. The maximum absolute atomic E-state index is 12.5. The predicted octanol–water partition coefficient (Wildman–Crippen LogP) is 3.78. The van der Waals surface area contributed by atoms with Gasteiger partial charge in [0.1, 0.15) is 0 Å². The van der Waals surface area contributed by atoms with Crippen molar-refractivity contribution >= 4 is 28.5 Å². The first-order valence-corrected chi connectivity index (χ1v) is 7.36. The monoisotopic (exact) mass is 344 g/mol. The third-order valence-corrected chi connectivity index (χ3v) is 3.94. The minimum atomic E-state index is -5.10. The molecule has 1 atom stereocenters. The number of nitrogens with zero attached hydrogens (tertiary/aromatic N) is 1. The number of aromatic nitrogens is 1. The Morgan fingerprint density at radius 3 is 2.74 bits per heavy atom. The summed E-state index contributed by atoms with van der Waals surface area (Å²) in [5, 5.41) is 3.54. The fraction of sp³-hybridized carbons (Fsp3) is 0.333. The molecule has 4 nitrogen and oxygen atoms in total. The van der Waals surface area contributed by atoms with Gasteiger partial charge in [-0.2, -0.15) is 13.2 Å². The van der Waals surface area contributed by atoms with Gasteiger partial charge in [-0.15, -0.1) is 0 Å². The Balaban J connectivity index is 2.17. The van der Waals surface area contributed by atoms with Crippen LogP contribution in [0.4, 0.5) is 13.2 Å². The van der Waals surface area contributed by atoms with Crippen molar-refractivity contribution in [2.24, 2.45) is 0 Å². The highest BCUT2D eigenvalue weighted by atomic mass is 35.5. The molecule has 1 N–H and O–H groups in total. The molecule has 8 heteroatoms. The Morgan fingerprint density at radius 1 is 1.35 bits per heavy atom. The van der Waals surface area contributed by atoms with Gasteiger partial charge in [0.05, 0.1) is 5.52 Å². The summed E-state index contributed by atoms with van der Waals surface area (Å²) < 4.78 is 42.2. The minimum absolute atomic E-state index is 0.239. The van der Waals surface area contributed by atoms with E-state index in [0.717, 1.165) is 13.0 Å². The molecule has 23 heavy (non-hydrogen) atoms. The van der Waals surface area contributed by atoms with Gasteiger partial charge in [-0.25, -0.2) is 9.78 Å². The lowest BCUT2D eigenvalue weighted by Crippen LogP contribution is -2.29. The molecular formula is C15H12ClF3N2O2. The number of fused-ring (bicyclic) bond motifs is 1. The van der Waals surface area contributed by atoms with Crippen LogP contribution in [0.5, 0.6) is 5.75 Å². The number of benzene rings is 1. The van der Waals surface area contributed by atoms with Gasteiger partial charge in [0.2, 0.25) is 0 Å². The van der Waals surface area contributed by atoms with E-state index < -0.39 is 12.1 Å². The summed E-state index contributed by atoms with van der Waals surface area (Å²) in [5.74, 6) is -2.64. The molecule has 3 rings (SSSR count). The molecule has 1 aliphatic rings. The first kappa shape index (κ1) is 16.0. The smallest absolute Gasteiger partial charge is 0.416 e. The number of ether oxygens (including phenoxy) is 1. The maximum atomic E-state index is 12.5. The normalized spacial score (nSPS) is 18.3. The Bertz CT molecular complexity index is 758. The molecule has 1 fully saturated rings. The summed E-state index contributed by atoms with van der Waals surface area (Å²) in [7, 11) is 0. The van der Waals surface area contributed by atoms with E-state index in [-0.39, 0.29) is 16.9 Å². The van der Waals surface area contributed by atoms with Crippen LogP contribution in [0, 0.1) is 0 Å². The average Bonchev–Trinajstić information content (AvgIpc) is 3.00. The number of carbonyl (C=O) groups excluding carboxylic acids is 1. The lowest BCUT2D eigenvalue weighted by molar-refractivity contribution is -0.189. The molecule has 2 aromatic rings. The highest BCUT2D eigenvalue weighted by molar-refractivity contribution is 6.31. The van der Waals surface area contributed by atoms with E-state index in [1.54, 1.807) is 24.3 Å². The van der Waals surface area contributed by atoms with Crippen LogP contribution in [-0.2, 0) is 4.79 Å². The van der Waals surface area contributed by atoms with Crippen molar-refractivity contribution in [3.05, 3.63) is 35.0 Å². The molecule has 0 unspecified atom stereocenters. The molecule has 1 aliphatic heterocycles. The lowest BCUT2D eigenvalue weighted by Gasteiger charge is -2.19. The quantitative estimate of drug-likeness (QED) is 0.665. The Hall–Kier alpha value is -1.86. The van der Waals surface area contributed by atoms with E-state index in [0.29, 0.717) is 22.9 Å². The topological polar surface area (TPSA) is 51.2 Å². The zero-order valence-electron chi connectivity index (χ0n) is 11.8. The number of esters is 1. The van der Waals surface area contributed by atoms with Gasteiger partial charge in [-0.3, -0.25) is 0 Å². The first-order valence-electron chi connectivity index (χ1n) is 6.98. The highest BCUT2D eigenvalue weighted by Gasteiger charge is 2.42. The number of hydrogen-bond donors (Lipinski definition) is 1. The van der Waals surface area contributed by atoms with Crippen molar-refractivity contribution in [3.8, 4) is 5.75 Å². The van der Waals surface area contributed by atoms with Crippen molar-refractivity contribution in [3.63, 3.8) is 0 Å². The van der Waals surface area contributed by atoms with E-state index in [2.05, 4.69) is 15.0 Å². The van der Waals surface area contributed by atoms with E-state index in [1.165, 1.54) is 0 Å². The van der Waals surface area contributed by atoms with Crippen LogP contribution in [0.1, 0.15) is 24.4 Å². The number of halogens is 4. The van der Waals surface area contributed by atoms with Crippen LogP contribution in [0.25, 0.3) is 10.9 Å². The first-order chi connectivity index (χ1) is 10.9. The van der Waals surface area contributed by atoms with Crippen LogP contribution in [0.2, 0.25) is 5.15 Å². The van der Waals surface area contributed by atoms with E-state index in [1.807, 2.05) is 0 Å². The lowest BCUT2D eigenvalue weighted by atomic mass is 10.00. The zero-order valence-corrected chi connectivity index (χ0v) is 12.5. The highest BCUT2D eigenvalue weighted by Crippen LogP contribution is 2.40. The molecule has 0 spiro atoms. The van der Waals surface area contributed by atoms with E-state index in [9.17, 15) is 18.0 Å². The van der Waals surface area contributed by atoms with E-state index >= 15 is 0 Å². The van der Waals surface area contributed by atoms with Gasteiger partial charge in [-0.05, 0) is 25.5 Å². The molecule has 2 heterocycles.